The van der Waals surface area contributed by atoms with Gasteiger partial charge in [-0.15, -0.1) is 0 Å². The van der Waals surface area contributed by atoms with Crippen LogP contribution in [-0.2, 0) is 16.9 Å². The van der Waals surface area contributed by atoms with Crippen molar-refractivity contribution >= 4 is 22.6 Å². The zero-order chi connectivity index (χ0) is 18.9. The van der Waals surface area contributed by atoms with Crippen molar-refractivity contribution in [3.05, 3.63) is 58.8 Å². The van der Waals surface area contributed by atoms with E-state index in [4.69, 9.17) is 5.26 Å². The monoisotopic (exact) mass is 349 g/mol. The summed E-state index contributed by atoms with van der Waals surface area (Å²) in [6.45, 7) is 5.76. The van der Waals surface area contributed by atoms with Crippen LogP contribution in [0.5, 0.6) is 0 Å². The summed E-state index contributed by atoms with van der Waals surface area (Å²) in [6.07, 6.45) is 3.06. The predicted molar refractivity (Wildman–Crippen MR) is 98.8 cm³/mol. The van der Waals surface area contributed by atoms with Crippen LogP contribution in [0.1, 0.15) is 26.3 Å². The quantitative estimate of drug-likeness (QED) is 0.786. The Morgan fingerprint density at radius 2 is 2.04 bits per heavy atom. The maximum absolute atomic E-state index is 12.5. The van der Waals surface area contributed by atoms with Gasteiger partial charge in [-0.3, -0.25) is 14.2 Å². The summed E-state index contributed by atoms with van der Waals surface area (Å²) in [5.74, 6) is 0.151. The van der Waals surface area contributed by atoms with Gasteiger partial charge in [0.15, 0.2) is 0 Å². The van der Waals surface area contributed by atoms with E-state index in [2.05, 4.69) is 16.4 Å². The van der Waals surface area contributed by atoms with Gasteiger partial charge in [0.05, 0.1) is 22.8 Å². The molecule has 2 heterocycles. The molecule has 2 aromatic heterocycles. The Labute approximate surface area is 150 Å². The number of benzene rings is 1. The molecule has 132 valence electrons. The molecule has 0 unspecified atom stereocenters. The number of fused-ring (bicyclic) bond motifs is 1. The molecule has 0 fully saturated rings. The summed E-state index contributed by atoms with van der Waals surface area (Å²) in [6, 6.07) is 10.7. The molecule has 0 saturated heterocycles. The fourth-order valence-corrected chi connectivity index (χ4v) is 2.73. The minimum absolute atomic E-state index is 0.159. The summed E-state index contributed by atoms with van der Waals surface area (Å²) in [7, 11) is 0. The molecule has 3 rings (SSSR count). The van der Waals surface area contributed by atoms with Gasteiger partial charge in [0.2, 0.25) is 5.91 Å². The minimum atomic E-state index is -0.364. The summed E-state index contributed by atoms with van der Waals surface area (Å²) >= 11 is 0. The summed E-state index contributed by atoms with van der Waals surface area (Å²) in [4.78, 5) is 29.2. The van der Waals surface area contributed by atoms with Gasteiger partial charge in [-0.1, -0.05) is 12.1 Å². The van der Waals surface area contributed by atoms with Crippen molar-refractivity contribution in [1.29, 1.82) is 5.26 Å². The van der Waals surface area contributed by atoms with Crippen molar-refractivity contribution in [2.24, 2.45) is 0 Å². The third-order valence-electron chi connectivity index (χ3n) is 3.98. The van der Waals surface area contributed by atoms with Gasteiger partial charge in [0, 0.05) is 11.7 Å². The molecule has 0 aliphatic heterocycles. The van der Waals surface area contributed by atoms with Crippen molar-refractivity contribution in [3.8, 4) is 6.07 Å². The van der Waals surface area contributed by atoms with E-state index in [-0.39, 0.29) is 23.6 Å². The van der Waals surface area contributed by atoms with E-state index in [1.165, 1.54) is 10.9 Å². The van der Waals surface area contributed by atoms with Crippen molar-refractivity contribution in [2.75, 3.05) is 5.32 Å². The van der Waals surface area contributed by atoms with Crippen molar-refractivity contribution in [1.82, 2.24) is 14.1 Å². The lowest BCUT2D eigenvalue weighted by Crippen LogP contribution is -2.30. The lowest BCUT2D eigenvalue weighted by atomic mass is 10.1. The smallest absolute Gasteiger partial charge is 0.261 e. The van der Waals surface area contributed by atoms with Crippen molar-refractivity contribution < 1.29 is 4.79 Å². The minimum Gasteiger partial charge on any atom is -0.328 e. The molecule has 0 aliphatic carbocycles. The van der Waals surface area contributed by atoms with Gasteiger partial charge in [-0.05, 0) is 39.0 Å². The first-order valence-electron chi connectivity index (χ1n) is 8.16. The number of nitriles is 1. The average molecular weight is 349 g/mol. The second kappa shape index (κ2) is 6.48. The molecule has 1 aromatic carbocycles. The van der Waals surface area contributed by atoms with E-state index in [1.54, 1.807) is 36.5 Å². The second-order valence-corrected chi connectivity index (χ2v) is 7.01. The second-order valence-electron chi connectivity index (χ2n) is 7.01. The number of hydrogen-bond acceptors (Lipinski definition) is 4. The van der Waals surface area contributed by atoms with Gasteiger partial charge in [0.25, 0.3) is 5.56 Å². The number of carbonyl (C=O) groups is 1. The van der Waals surface area contributed by atoms with Crippen LogP contribution in [0.3, 0.4) is 0 Å². The Bertz CT molecular complexity index is 1080. The molecule has 0 radical (unpaired) electrons. The maximum atomic E-state index is 12.5. The van der Waals surface area contributed by atoms with Crippen LogP contribution in [0, 0.1) is 11.3 Å². The number of nitrogens with one attached hydrogen (secondary N) is 1. The van der Waals surface area contributed by atoms with Gasteiger partial charge in [-0.2, -0.15) is 5.26 Å². The van der Waals surface area contributed by atoms with Crippen LogP contribution in [-0.4, -0.2) is 20.0 Å². The molecule has 1 amide bonds. The van der Waals surface area contributed by atoms with Gasteiger partial charge in [-0.25, -0.2) is 4.98 Å². The van der Waals surface area contributed by atoms with E-state index < -0.39 is 0 Å². The molecule has 0 aliphatic rings. The number of nitrogens with zero attached hydrogens (tertiary/aromatic N) is 4. The van der Waals surface area contributed by atoms with Crippen LogP contribution < -0.4 is 10.9 Å². The lowest BCUT2D eigenvalue weighted by molar-refractivity contribution is -0.116. The Balaban J connectivity index is 1.87. The first-order valence-corrected chi connectivity index (χ1v) is 8.16. The molecule has 3 aromatic rings. The normalized spacial score (nSPS) is 11.3. The number of para-hydroxylation sites is 1. The SMILES string of the molecule is CC(C)(C)n1cc(C#N)cc1NC(=O)Cn1cnc2ccccc2c1=O. The van der Waals surface area contributed by atoms with Crippen LogP contribution in [0.25, 0.3) is 10.9 Å². The maximum Gasteiger partial charge on any atom is 0.261 e. The first kappa shape index (κ1) is 17.4. The first-order chi connectivity index (χ1) is 12.3. The molecule has 26 heavy (non-hydrogen) atoms. The highest BCUT2D eigenvalue weighted by molar-refractivity contribution is 5.90. The number of carbonyl (C=O) groups excluding carboxylic acids is 1. The van der Waals surface area contributed by atoms with E-state index in [0.29, 0.717) is 22.3 Å². The highest BCUT2D eigenvalue weighted by Gasteiger charge is 2.19. The number of anilines is 1. The average Bonchev–Trinajstić information content (AvgIpc) is 3.01. The number of hydrogen-bond donors (Lipinski definition) is 1. The Kier molecular flexibility index (Phi) is 4.34. The van der Waals surface area contributed by atoms with Crippen LogP contribution in [0.4, 0.5) is 5.82 Å². The fourth-order valence-electron chi connectivity index (χ4n) is 2.73. The van der Waals surface area contributed by atoms with E-state index in [0.717, 1.165) is 0 Å². The molecule has 0 saturated carbocycles. The fraction of sp³-hybridized carbons (Fsp3) is 0.263. The molecule has 0 bridgehead atoms. The van der Waals surface area contributed by atoms with E-state index in [1.807, 2.05) is 25.3 Å². The standard InChI is InChI=1S/C19H19N5O2/c1-19(2,3)24-10-13(9-20)8-16(24)22-17(25)11-23-12-21-15-7-5-4-6-14(15)18(23)26/h4-8,10,12H,11H2,1-3H3,(H,22,25). The third-order valence-corrected chi connectivity index (χ3v) is 3.98. The van der Waals surface area contributed by atoms with Gasteiger partial charge >= 0.3 is 0 Å². The van der Waals surface area contributed by atoms with E-state index >= 15 is 0 Å². The number of amides is 1. The van der Waals surface area contributed by atoms with Crippen LogP contribution in [0.2, 0.25) is 0 Å². The Morgan fingerprint density at radius 1 is 1.31 bits per heavy atom. The number of rotatable bonds is 3. The summed E-state index contributed by atoms with van der Waals surface area (Å²) in [5.41, 5.74) is 0.475. The number of aromatic nitrogens is 3. The van der Waals surface area contributed by atoms with Gasteiger partial charge < -0.3 is 9.88 Å². The molecular weight excluding hydrogens is 330 g/mol. The highest BCUT2D eigenvalue weighted by atomic mass is 16.2. The molecular formula is C19H19N5O2. The predicted octanol–water partition coefficient (Wildman–Crippen LogP) is 2.46. The van der Waals surface area contributed by atoms with Gasteiger partial charge in [0.1, 0.15) is 18.4 Å². The zero-order valence-electron chi connectivity index (χ0n) is 14.9. The van der Waals surface area contributed by atoms with E-state index in [9.17, 15) is 9.59 Å². The largest absolute Gasteiger partial charge is 0.328 e. The molecule has 0 spiro atoms. The Hall–Kier alpha value is -3.40. The molecule has 7 nitrogen and oxygen atoms in total. The Morgan fingerprint density at radius 3 is 2.73 bits per heavy atom. The van der Waals surface area contributed by atoms with Crippen LogP contribution in [0.15, 0.2) is 47.7 Å². The zero-order valence-corrected chi connectivity index (χ0v) is 14.9. The molecule has 7 heteroatoms. The topological polar surface area (TPSA) is 92.7 Å². The summed E-state index contributed by atoms with van der Waals surface area (Å²) in [5, 5.41) is 12.4. The van der Waals surface area contributed by atoms with Crippen molar-refractivity contribution in [3.63, 3.8) is 0 Å². The third kappa shape index (κ3) is 3.35. The highest BCUT2D eigenvalue weighted by Crippen LogP contribution is 2.23. The van der Waals surface area contributed by atoms with Crippen molar-refractivity contribution in [2.45, 2.75) is 32.9 Å². The molecule has 0 atom stereocenters. The van der Waals surface area contributed by atoms with Crippen LogP contribution >= 0.6 is 0 Å². The summed E-state index contributed by atoms with van der Waals surface area (Å²) < 4.78 is 3.10. The lowest BCUT2D eigenvalue weighted by Gasteiger charge is -2.24. The molecule has 1 N–H and O–H groups in total.